The fourth-order valence-electron chi connectivity index (χ4n) is 3.15. The number of pyridine rings is 1. The van der Waals surface area contributed by atoms with Crippen LogP contribution in [0.3, 0.4) is 0 Å². The number of carbonyl (C=O) groups is 1. The summed E-state index contributed by atoms with van der Waals surface area (Å²) in [6.07, 6.45) is 1.66. The number of benzene rings is 1. The molecule has 1 aliphatic rings. The summed E-state index contributed by atoms with van der Waals surface area (Å²) >= 11 is 6.01. The summed E-state index contributed by atoms with van der Waals surface area (Å²) in [5, 5.41) is 32.9. The highest BCUT2D eigenvalue weighted by Gasteiger charge is 2.52. The van der Waals surface area contributed by atoms with Crippen molar-refractivity contribution in [2.24, 2.45) is 0 Å². The van der Waals surface area contributed by atoms with Crippen LogP contribution in [-0.2, 0) is 21.6 Å². The van der Waals surface area contributed by atoms with Crippen molar-refractivity contribution in [3.8, 4) is 17.2 Å². The van der Waals surface area contributed by atoms with Crippen LogP contribution in [0.25, 0.3) is 11.1 Å². The highest BCUT2D eigenvalue weighted by Crippen LogP contribution is 2.38. The number of aromatic nitrogens is 1. The Kier molecular flexibility index (Phi) is 4.38. The lowest BCUT2D eigenvalue weighted by Gasteiger charge is -2.20. The number of ether oxygens (including phenoxy) is 1. The minimum atomic E-state index is -1.95. The molecule has 0 bridgehead atoms. The number of esters is 1. The highest BCUT2D eigenvalue weighted by atomic mass is 35.5. The summed E-state index contributed by atoms with van der Waals surface area (Å²) in [5.74, 6) is -0.827. The van der Waals surface area contributed by atoms with E-state index in [0.717, 1.165) is 0 Å². The van der Waals surface area contributed by atoms with Crippen LogP contribution in [-0.4, -0.2) is 17.7 Å². The van der Waals surface area contributed by atoms with Crippen molar-refractivity contribution < 1.29 is 19.4 Å². The van der Waals surface area contributed by atoms with Crippen LogP contribution in [0.1, 0.15) is 30.2 Å². The molecule has 1 N–H and O–H groups in total. The number of hydrogen-bond acceptors (Lipinski definition) is 5. The quantitative estimate of drug-likeness (QED) is 0.515. The molecule has 6 nitrogen and oxygen atoms in total. The third-order valence-corrected chi connectivity index (χ3v) is 4.52. The molecule has 0 aliphatic heterocycles. The van der Waals surface area contributed by atoms with Crippen molar-refractivity contribution in [2.45, 2.75) is 25.4 Å². The first-order valence-corrected chi connectivity index (χ1v) is 8.14. The third-order valence-electron chi connectivity index (χ3n) is 4.28. The maximum atomic E-state index is 12.5. The van der Waals surface area contributed by atoms with E-state index in [1.807, 2.05) is 0 Å². The van der Waals surface area contributed by atoms with Crippen LogP contribution in [0.4, 0.5) is 0 Å². The second-order valence-corrected chi connectivity index (χ2v) is 6.25. The summed E-state index contributed by atoms with van der Waals surface area (Å²) in [5.41, 5.74) is -0.0158. The monoisotopic (exact) mass is 358 g/mol. The minimum Gasteiger partial charge on any atom is -0.618 e. The van der Waals surface area contributed by atoms with Gasteiger partial charge in [-0.3, -0.25) is 0 Å². The lowest BCUT2D eigenvalue weighted by atomic mass is 9.98. The van der Waals surface area contributed by atoms with Crippen LogP contribution < -0.4 is 4.73 Å². The lowest BCUT2D eigenvalue weighted by molar-refractivity contribution is -0.620. The average molecular weight is 359 g/mol. The first kappa shape index (κ1) is 17.2. The molecule has 128 valence electrons. The van der Waals surface area contributed by atoms with Gasteiger partial charge >= 0.3 is 5.97 Å². The third kappa shape index (κ3) is 2.82. The molecule has 25 heavy (non-hydrogen) atoms. The number of hydrogen-bond donors (Lipinski definition) is 1. The van der Waals surface area contributed by atoms with Gasteiger partial charge in [-0.05, 0) is 37.6 Å². The summed E-state index contributed by atoms with van der Waals surface area (Å²) < 4.78 is 5.39. The Labute approximate surface area is 149 Å². The predicted octanol–water partition coefficient (Wildman–Crippen LogP) is 2.21. The molecular formula is C18H15ClN2O4. The van der Waals surface area contributed by atoms with Crippen LogP contribution in [0.15, 0.2) is 30.5 Å². The van der Waals surface area contributed by atoms with Crippen molar-refractivity contribution in [2.75, 3.05) is 6.61 Å². The largest absolute Gasteiger partial charge is 0.618 e. The molecule has 3 rings (SSSR count). The van der Waals surface area contributed by atoms with Crippen LogP contribution in [0.5, 0.6) is 0 Å². The van der Waals surface area contributed by atoms with Crippen molar-refractivity contribution in [3.63, 3.8) is 0 Å². The van der Waals surface area contributed by atoms with Crippen molar-refractivity contribution in [3.05, 3.63) is 57.5 Å². The zero-order valence-electron chi connectivity index (χ0n) is 13.5. The first-order chi connectivity index (χ1) is 11.9. The second-order valence-electron chi connectivity index (χ2n) is 5.81. The van der Waals surface area contributed by atoms with Crippen LogP contribution in [0, 0.1) is 16.5 Å². The van der Waals surface area contributed by atoms with E-state index in [0.29, 0.717) is 38.4 Å². The molecule has 0 spiro atoms. The van der Waals surface area contributed by atoms with E-state index in [-0.39, 0.29) is 18.7 Å². The molecule has 0 fully saturated rings. The van der Waals surface area contributed by atoms with Gasteiger partial charge in [0.05, 0.1) is 18.2 Å². The Balaban J connectivity index is 2.13. The van der Waals surface area contributed by atoms with Gasteiger partial charge in [-0.25, -0.2) is 4.79 Å². The molecule has 1 heterocycles. The summed E-state index contributed by atoms with van der Waals surface area (Å²) in [7, 11) is 0. The zero-order chi connectivity index (χ0) is 18.2. The van der Waals surface area contributed by atoms with E-state index >= 15 is 0 Å². The number of fused-ring (bicyclic) bond motifs is 1. The Morgan fingerprint density at radius 2 is 2.28 bits per heavy atom. The fraction of sp³-hybridized carbons (Fsp3) is 0.278. The molecule has 1 aromatic heterocycles. The molecule has 2 aromatic rings. The summed E-state index contributed by atoms with van der Waals surface area (Å²) in [6.45, 7) is 1.75. The molecule has 1 aliphatic carbocycles. The van der Waals surface area contributed by atoms with Crippen LogP contribution >= 0.6 is 11.6 Å². The van der Waals surface area contributed by atoms with Gasteiger partial charge in [0.25, 0.3) is 0 Å². The van der Waals surface area contributed by atoms with E-state index in [9.17, 15) is 20.4 Å². The number of halogens is 1. The van der Waals surface area contributed by atoms with E-state index in [2.05, 4.69) is 6.07 Å². The zero-order valence-corrected chi connectivity index (χ0v) is 14.2. The highest BCUT2D eigenvalue weighted by molar-refractivity contribution is 6.30. The number of aliphatic hydroxyl groups is 1. The van der Waals surface area contributed by atoms with Gasteiger partial charge in [0.1, 0.15) is 0 Å². The Hall–Kier alpha value is -2.62. The van der Waals surface area contributed by atoms with E-state index < -0.39 is 11.6 Å². The summed E-state index contributed by atoms with van der Waals surface area (Å²) in [4.78, 5) is 12.1. The maximum absolute atomic E-state index is 12.5. The van der Waals surface area contributed by atoms with E-state index in [1.54, 1.807) is 31.2 Å². The number of nitriles is 1. The SMILES string of the molecule is CCOC(=O)C1(O)CCc2cc(-c3cc(Cl)ccc3C#N)c[n+]([O-])c21. The molecule has 0 radical (unpaired) electrons. The first-order valence-electron chi connectivity index (χ1n) is 7.77. The van der Waals surface area contributed by atoms with Gasteiger partial charge in [-0.15, -0.1) is 0 Å². The molecule has 0 saturated carbocycles. The number of carbonyl (C=O) groups excluding carboxylic acids is 1. The van der Waals surface area contributed by atoms with E-state index in [1.165, 1.54) is 6.20 Å². The van der Waals surface area contributed by atoms with Gasteiger partial charge in [-0.1, -0.05) is 11.6 Å². The van der Waals surface area contributed by atoms with Crippen molar-refractivity contribution >= 4 is 17.6 Å². The van der Waals surface area contributed by atoms with Gasteiger partial charge in [0.2, 0.25) is 11.3 Å². The van der Waals surface area contributed by atoms with Gasteiger partial charge < -0.3 is 15.1 Å². The Morgan fingerprint density at radius 1 is 1.52 bits per heavy atom. The van der Waals surface area contributed by atoms with Crippen molar-refractivity contribution in [1.82, 2.24) is 0 Å². The molecule has 1 unspecified atom stereocenters. The maximum Gasteiger partial charge on any atom is 0.349 e. The molecule has 0 amide bonds. The summed E-state index contributed by atoms with van der Waals surface area (Å²) in [6, 6.07) is 8.55. The predicted molar refractivity (Wildman–Crippen MR) is 89.4 cm³/mol. The molecule has 1 aromatic carbocycles. The lowest BCUT2D eigenvalue weighted by Crippen LogP contribution is -2.46. The fourth-order valence-corrected chi connectivity index (χ4v) is 3.32. The van der Waals surface area contributed by atoms with Gasteiger partial charge in [0.15, 0.2) is 6.20 Å². The second kappa shape index (κ2) is 6.36. The Morgan fingerprint density at radius 3 is 2.96 bits per heavy atom. The topological polar surface area (TPSA) is 97.3 Å². The van der Waals surface area contributed by atoms with Crippen LogP contribution in [0.2, 0.25) is 5.02 Å². The normalized spacial score (nSPS) is 18.5. The molecular weight excluding hydrogens is 344 g/mol. The molecule has 1 atom stereocenters. The smallest absolute Gasteiger partial charge is 0.349 e. The number of rotatable bonds is 3. The molecule has 7 heteroatoms. The van der Waals surface area contributed by atoms with Gasteiger partial charge in [-0.2, -0.15) is 9.99 Å². The standard InChI is InChI=1S/C18H15ClN2O4/c1-2-25-17(22)18(23)6-5-11-7-13(10-21(24)16(11)18)15-8-14(19)4-3-12(15)9-20/h3-4,7-8,10,23H,2,5-6H2,1H3. The number of aryl methyl sites for hydroxylation is 1. The average Bonchev–Trinajstić information content (AvgIpc) is 2.94. The Bertz CT molecular complexity index is 907. The van der Waals surface area contributed by atoms with Crippen molar-refractivity contribution in [1.29, 1.82) is 5.26 Å². The number of nitrogens with zero attached hydrogens (tertiary/aromatic N) is 2. The minimum absolute atomic E-state index is 0.0183. The molecule has 0 saturated heterocycles. The van der Waals surface area contributed by atoms with E-state index in [4.69, 9.17) is 16.3 Å². The van der Waals surface area contributed by atoms with Gasteiger partial charge in [0, 0.05) is 28.1 Å².